The zero-order valence-corrected chi connectivity index (χ0v) is 20.8. The van der Waals surface area contributed by atoms with E-state index in [1.807, 2.05) is 6.07 Å². The van der Waals surface area contributed by atoms with E-state index in [1.54, 1.807) is 0 Å². The number of para-hydroxylation sites is 2. The maximum absolute atomic E-state index is 4.75. The van der Waals surface area contributed by atoms with Crippen LogP contribution in [0.3, 0.4) is 0 Å². The third-order valence-electron chi connectivity index (χ3n) is 5.61. The summed E-state index contributed by atoms with van der Waals surface area (Å²) in [7, 11) is 0. The van der Waals surface area contributed by atoms with Crippen molar-refractivity contribution in [3.63, 3.8) is 0 Å². The number of benzene rings is 1. The molecule has 0 radical (unpaired) electrons. The lowest BCUT2D eigenvalue weighted by Crippen LogP contribution is -2.38. The number of aromatic nitrogens is 5. The van der Waals surface area contributed by atoms with E-state index in [4.69, 9.17) is 4.99 Å². The second-order valence-electron chi connectivity index (χ2n) is 7.77. The molecule has 8 nitrogen and oxygen atoms in total. The summed E-state index contributed by atoms with van der Waals surface area (Å²) in [6.07, 6.45) is 5.69. The van der Waals surface area contributed by atoms with Crippen LogP contribution in [0.15, 0.2) is 29.3 Å². The van der Waals surface area contributed by atoms with Crippen LogP contribution in [0, 0.1) is 6.92 Å². The van der Waals surface area contributed by atoms with Crippen LogP contribution in [0.25, 0.3) is 11.0 Å². The second kappa shape index (κ2) is 11.4. The van der Waals surface area contributed by atoms with Gasteiger partial charge in [0.25, 0.3) is 0 Å². The summed E-state index contributed by atoms with van der Waals surface area (Å²) in [5.41, 5.74) is 2.26. The molecule has 1 aromatic carbocycles. The molecule has 0 fully saturated rings. The van der Waals surface area contributed by atoms with Crippen molar-refractivity contribution in [2.45, 2.75) is 65.6 Å². The van der Waals surface area contributed by atoms with Crippen molar-refractivity contribution in [3.8, 4) is 0 Å². The lowest BCUT2D eigenvalue weighted by molar-refractivity contribution is 0.603. The van der Waals surface area contributed by atoms with E-state index in [-0.39, 0.29) is 24.0 Å². The van der Waals surface area contributed by atoms with E-state index in [0.29, 0.717) is 6.54 Å². The molecule has 1 aliphatic heterocycles. The lowest BCUT2D eigenvalue weighted by atomic mass is 10.2. The fourth-order valence-electron chi connectivity index (χ4n) is 4.08. The molecule has 0 saturated heterocycles. The third kappa shape index (κ3) is 5.75. The largest absolute Gasteiger partial charge is 0.357 e. The minimum absolute atomic E-state index is 0. The summed E-state index contributed by atoms with van der Waals surface area (Å²) in [6.45, 7) is 8.31. The molecular formula is C22H33IN8. The summed E-state index contributed by atoms with van der Waals surface area (Å²) in [6, 6.07) is 8.31. The van der Waals surface area contributed by atoms with Crippen molar-refractivity contribution >= 4 is 41.0 Å². The minimum atomic E-state index is 0. The molecule has 0 amide bonds. The van der Waals surface area contributed by atoms with Gasteiger partial charge in [0.05, 0.1) is 11.0 Å². The number of hydrogen-bond acceptors (Lipinski definition) is 4. The number of hydrogen-bond donors (Lipinski definition) is 2. The summed E-state index contributed by atoms with van der Waals surface area (Å²) >= 11 is 0. The number of guanidine groups is 1. The maximum Gasteiger partial charge on any atom is 0.191 e. The Morgan fingerprint density at radius 1 is 1.13 bits per heavy atom. The molecule has 0 saturated carbocycles. The first-order chi connectivity index (χ1) is 14.8. The van der Waals surface area contributed by atoms with E-state index in [0.717, 1.165) is 68.0 Å². The molecule has 3 aromatic rings. The van der Waals surface area contributed by atoms with Crippen LogP contribution in [0.2, 0.25) is 0 Å². The van der Waals surface area contributed by atoms with E-state index in [9.17, 15) is 0 Å². The third-order valence-corrected chi connectivity index (χ3v) is 5.61. The molecule has 3 heterocycles. The first-order valence-corrected chi connectivity index (χ1v) is 11.1. The maximum atomic E-state index is 4.75. The van der Waals surface area contributed by atoms with Crippen LogP contribution in [0.5, 0.6) is 0 Å². The van der Waals surface area contributed by atoms with Gasteiger partial charge in [-0.3, -0.25) is 0 Å². The number of imidazole rings is 1. The van der Waals surface area contributed by atoms with Gasteiger partial charge in [-0.1, -0.05) is 18.6 Å². The Hall–Kier alpha value is -2.17. The van der Waals surface area contributed by atoms with Crippen molar-refractivity contribution < 1.29 is 0 Å². The minimum Gasteiger partial charge on any atom is -0.357 e. The molecule has 4 rings (SSSR count). The van der Waals surface area contributed by atoms with E-state index >= 15 is 0 Å². The molecule has 2 N–H and O–H groups in total. The van der Waals surface area contributed by atoms with Crippen LogP contribution in [0.4, 0.5) is 0 Å². The second-order valence-corrected chi connectivity index (χ2v) is 7.77. The molecule has 1 aliphatic rings. The van der Waals surface area contributed by atoms with Gasteiger partial charge in [-0.2, -0.15) is 0 Å². The van der Waals surface area contributed by atoms with Crippen molar-refractivity contribution in [2.24, 2.45) is 4.99 Å². The van der Waals surface area contributed by atoms with E-state index in [2.05, 4.69) is 67.0 Å². The predicted octanol–water partition coefficient (Wildman–Crippen LogP) is 3.43. The number of rotatable bonds is 7. The number of aliphatic imine (C=N–C) groups is 1. The van der Waals surface area contributed by atoms with Gasteiger partial charge in [0.2, 0.25) is 0 Å². The zero-order valence-electron chi connectivity index (χ0n) is 18.5. The molecule has 31 heavy (non-hydrogen) atoms. The normalized spacial score (nSPS) is 14.1. The molecule has 168 valence electrons. The summed E-state index contributed by atoms with van der Waals surface area (Å²) in [5.74, 6) is 3.96. The summed E-state index contributed by atoms with van der Waals surface area (Å²) in [4.78, 5) is 9.40. The van der Waals surface area contributed by atoms with E-state index in [1.165, 1.54) is 24.8 Å². The first-order valence-electron chi connectivity index (χ1n) is 11.1. The van der Waals surface area contributed by atoms with Crippen LogP contribution in [-0.4, -0.2) is 43.4 Å². The fraction of sp³-hybridized carbons (Fsp3) is 0.545. The van der Waals surface area contributed by atoms with Crippen molar-refractivity contribution in [1.29, 1.82) is 0 Å². The molecular weight excluding hydrogens is 503 g/mol. The fourth-order valence-corrected chi connectivity index (χ4v) is 4.08. The van der Waals surface area contributed by atoms with Crippen molar-refractivity contribution in [3.05, 3.63) is 41.7 Å². The molecule has 0 atom stereocenters. The number of fused-ring (bicyclic) bond motifs is 2. The van der Waals surface area contributed by atoms with Crippen LogP contribution >= 0.6 is 24.0 Å². The van der Waals surface area contributed by atoms with Gasteiger partial charge in [-0.25, -0.2) is 9.98 Å². The average molecular weight is 536 g/mol. The topological polar surface area (TPSA) is 85.0 Å². The highest BCUT2D eigenvalue weighted by Crippen LogP contribution is 2.16. The van der Waals surface area contributed by atoms with Gasteiger partial charge in [-0.05, 0) is 45.2 Å². The van der Waals surface area contributed by atoms with Gasteiger partial charge < -0.3 is 19.8 Å². The summed E-state index contributed by atoms with van der Waals surface area (Å²) in [5, 5.41) is 15.5. The Bertz CT molecular complexity index is 1010. The Balaban J connectivity index is 0.00000272. The van der Waals surface area contributed by atoms with Gasteiger partial charge in [0.15, 0.2) is 11.8 Å². The standard InChI is InChI=1S/C22H32N8.HI/c1-3-23-22(25-16-21-28-27-20-12-5-4-8-14-30(20)21)24-13-9-15-29-17(2)26-18-10-6-7-11-19(18)29;/h6-7,10-11H,3-5,8-9,12-16H2,1-2H3,(H2,23,24,25);1H. The lowest BCUT2D eigenvalue weighted by Gasteiger charge is -2.12. The van der Waals surface area contributed by atoms with Gasteiger partial charge >= 0.3 is 0 Å². The van der Waals surface area contributed by atoms with Gasteiger partial charge in [0.1, 0.15) is 18.2 Å². The highest BCUT2D eigenvalue weighted by molar-refractivity contribution is 14.0. The predicted molar refractivity (Wildman–Crippen MR) is 135 cm³/mol. The SMILES string of the molecule is CCNC(=NCc1nnc2n1CCCCC2)NCCCn1c(C)nc2ccccc21.I. The quantitative estimate of drug-likeness (QED) is 0.209. The Kier molecular flexibility index (Phi) is 8.68. The van der Waals surface area contributed by atoms with Crippen molar-refractivity contribution in [1.82, 2.24) is 34.9 Å². The van der Waals surface area contributed by atoms with Gasteiger partial charge in [0, 0.05) is 32.6 Å². The molecule has 0 unspecified atom stereocenters. The molecule has 2 aromatic heterocycles. The number of nitrogens with zero attached hydrogens (tertiary/aromatic N) is 6. The zero-order chi connectivity index (χ0) is 20.8. The van der Waals surface area contributed by atoms with E-state index < -0.39 is 0 Å². The monoisotopic (exact) mass is 536 g/mol. The molecule has 0 spiro atoms. The number of aryl methyl sites for hydroxylation is 3. The van der Waals surface area contributed by atoms with Crippen LogP contribution < -0.4 is 10.6 Å². The first kappa shape index (κ1) is 23.5. The molecule has 0 aliphatic carbocycles. The van der Waals surface area contributed by atoms with Crippen molar-refractivity contribution in [2.75, 3.05) is 13.1 Å². The summed E-state index contributed by atoms with van der Waals surface area (Å²) < 4.78 is 4.54. The number of halogens is 1. The van der Waals surface area contributed by atoms with Crippen LogP contribution in [0.1, 0.15) is 50.1 Å². The Labute approximate surface area is 201 Å². The average Bonchev–Trinajstić information content (AvgIpc) is 3.19. The molecule has 9 heteroatoms. The van der Waals surface area contributed by atoms with Crippen LogP contribution in [-0.2, 0) is 26.1 Å². The number of nitrogens with one attached hydrogen (secondary N) is 2. The smallest absolute Gasteiger partial charge is 0.191 e. The highest BCUT2D eigenvalue weighted by atomic mass is 127. The molecule has 0 bridgehead atoms. The Morgan fingerprint density at radius 3 is 2.87 bits per heavy atom. The van der Waals surface area contributed by atoms with Gasteiger partial charge in [-0.15, -0.1) is 34.2 Å². The highest BCUT2D eigenvalue weighted by Gasteiger charge is 2.14. The Morgan fingerprint density at radius 2 is 2.00 bits per heavy atom.